The molecule has 0 radical (unpaired) electrons. The Labute approximate surface area is 102 Å². The first-order chi connectivity index (χ1) is 8.13. The van der Waals surface area contributed by atoms with Gasteiger partial charge in [0.25, 0.3) is 0 Å². The van der Waals surface area contributed by atoms with Gasteiger partial charge in [-0.05, 0) is 17.7 Å². The number of nitrogens with zero attached hydrogens (tertiary/aromatic N) is 3. The molecule has 0 bridgehead atoms. The highest BCUT2D eigenvalue weighted by Gasteiger charge is 2.05. The molecule has 1 aromatic rings. The lowest BCUT2D eigenvalue weighted by Crippen LogP contribution is -2.08. The maximum atomic E-state index is 8.85. The second kappa shape index (κ2) is 5.53. The second-order valence-electron chi connectivity index (χ2n) is 3.66. The van der Waals surface area contributed by atoms with Gasteiger partial charge in [-0.3, -0.25) is 0 Å². The highest BCUT2D eigenvalue weighted by molar-refractivity contribution is 5.82. The zero-order chi connectivity index (χ0) is 12.8. The van der Waals surface area contributed by atoms with Crippen LogP contribution >= 0.6 is 0 Å². The molecule has 0 fully saturated rings. The van der Waals surface area contributed by atoms with Gasteiger partial charge in [-0.15, -0.1) is 0 Å². The summed E-state index contributed by atoms with van der Waals surface area (Å²) in [6.07, 6.45) is 1.53. The molecule has 0 N–H and O–H groups in total. The normalized spacial score (nSPS) is 8.71. The predicted octanol–water partition coefficient (Wildman–Crippen LogP) is 2.74. The van der Waals surface area contributed by atoms with E-state index in [9.17, 15) is 0 Å². The van der Waals surface area contributed by atoms with Crippen LogP contribution in [-0.2, 0) is 0 Å². The Morgan fingerprint density at radius 1 is 1.18 bits per heavy atom. The summed E-state index contributed by atoms with van der Waals surface area (Å²) in [6.45, 7) is 3.64. The van der Waals surface area contributed by atoms with Crippen molar-refractivity contribution in [1.82, 2.24) is 0 Å². The molecule has 0 aromatic heterocycles. The first-order valence-electron chi connectivity index (χ1n) is 5.08. The maximum absolute atomic E-state index is 8.85. The third-order valence-electron chi connectivity index (χ3n) is 2.39. The lowest BCUT2D eigenvalue weighted by molar-refractivity contribution is 1.13. The van der Waals surface area contributed by atoms with Crippen molar-refractivity contribution in [3.63, 3.8) is 0 Å². The van der Waals surface area contributed by atoms with Crippen molar-refractivity contribution in [3.05, 3.63) is 48.1 Å². The molecule has 0 amide bonds. The van der Waals surface area contributed by atoms with Crippen molar-refractivity contribution >= 4 is 11.3 Å². The van der Waals surface area contributed by atoms with E-state index in [1.54, 1.807) is 0 Å². The SMILES string of the molecule is C=CC(=C(C#N)C#N)c1ccc(N(C)C)cc1. The largest absolute Gasteiger partial charge is 0.378 e. The van der Waals surface area contributed by atoms with Crippen LogP contribution in [0.3, 0.4) is 0 Å². The van der Waals surface area contributed by atoms with Crippen molar-refractivity contribution < 1.29 is 0 Å². The summed E-state index contributed by atoms with van der Waals surface area (Å²) < 4.78 is 0. The zero-order valence-corrected chi connectivity index (χ0v) is 9.94. The highest BCUT2D eigenvalue weighted by atomic mass is 15.1. The molecule has 0 heterocycles. The molecule has 0 saturated carbocycles. The highest BCUT2D eigenvalue weighted by Crippen LogP contribution is 2.22. The monoisotopic (exact) mass is 223 g/mol. The summed E-state index contributed by atoms with van der Waals surface area (Å²) in [5, 5.41) is 17.7. The van der Waals surface area contributed by atoms with Gasteiger partial charge in [-0.25, -0.2) is 0 Å². The van der Waals surface area contributed by atoms with Crippen LogP contribution in [0.25, 0.3) is 5.57 Å². The molecule has 0 aliphatic heterocycles. The Hall–Kier alpha value is -2.52. The Morgan fingerprint density at radius 2 is 1.71 bits per heavy atom. The van der Waals surface area contributed by atoms with E-state index in [0.717, 1.165) is 11.3 Å². The van der Waals surface area contributed by atoms with Gasteiger partial charge in [0.2, 0.25) is 0 Å². The molecule has 1 aromatic carbocycles. The summed E-state index contributed by atoms with van der Waals surface area (Å²) in [6, 6.07) is 11.4. The lowest BCUT2D eigenvalue weighted by Gasteiger charge is -2.12. The summed E-state index contributed by atoms with van der Waals surface area (Å²) in [5.74, 6) is 0. The van der Waals surface area contributed by atoms with Gasteiger partial charge in [-0.1, -0.05) is 24.8 Å². The van der Waals surface area contributed by atoms with E-state index in [-0.39, 0.29) is 5.57 Å². The summed E-state index contributed by atoms with van der Waals surface area (Å²) in [7, 11) is 3.91. The minimum absolute atomic E-state index is 0.0811. The van der Waals surface area contributed by atoms with Crippen molar-refractivity contribution in [2.45, 2.75) is 0 Å². The quantitative estimate of drug-likeness (QED) is 0.584. The molecule has 0 aliphatic rings. The molecular formula is C14H13N3. The fourth-order valence-electron chi connectivity index (χ4n) is 1.45. The molecular weight excluding hydrogens is 210 g/mol. The van der Waals surface area contributed by atoms with Crippen LogP contribution in [0.15, 0.2) is 42.5 Å². The molecule has 3 nitrogen and oxygen atoms in total. The van der Waals surface area contributed by atoms with Crippen LogP contribution in [0, 0.1) is 22.7 Å². The predicted molar refractivity (Wildman–Crippen MR) is 69.1 cm³/mol. The Balaban J connectivity index is 3.26. The van der Waals surface area contributed by atoms with E-state index in [2.05, 4.69) is 6.58 Å². The maximum Gasteiger partial charge on any atom is 0.137 e. The van der Waals surface area contributed by atoms with Crippen molar-refractivity contribution in [1.29, 1.82) is 10.5 Å². The van der Waals surface area contributed by atoms with E-state index in [1.807, 2.05) is 55.4 Å². The van der Waals surface area contributed by atoms with E-state index < -0.39 is 0 Å². The summed E-state index contributed by atoms with van der Waals surface area (Å²) in [5.41, 5.74) is 2.54. The first-order valence-corrected chi connectivity index (χ1v) is 5.08. The molecule has 0 unspecified atom stereocenters. The second-order valence-corrected chi connectivity index (χ2v) is 3.66. The molecule has 0 spiro atoms. The van der Waals surface area contributed by atoms with Crippen LogP contribution in [0.5, 0.6) is 0 Å². The van der Waals surface area contributed by atoms with Gasteiger partial charge < -0.3 is 4.90 Å². The molecule has 0 atom stereocenters. The smallest absolute Gasteiger partial charge is 0.137 e. The van der Waals surface area contributed by atoms with Gasteiger partial charge in [0, 0.05) is 25.4 Å². The molecule has 1 rings (SSSR count). The Kier molecular flexibility index (Phi) is 4.08. The number of anilines is 1. The average Bonchev–Trinajstić information content (AvgIpc) is 2.36. The fourth-order valence-corrected chi connectivity index (χ4v) is 1.45. The fraction of sp³-hybridized carbons (Fsp3) is 0.143. The third-order valence-corrected chi connectivity index (χ3v) is 2.39. The van der Waals surface area contributed by atoms with Crippen molar-refractivity contribution in [3.8, 4) is 12.1 Å². The van der Waals surface area contributed by atoms with E-state index in [0.29, 0.717) is 5.57 Å². The molecule has 0 saturated heterocycles. The third kappa shape index (κ3) is 2.74. The number of rotatable bonds is 3. The number of hydrogen-bond acceptors (Lipinski definition) is 3. The van der Waals surface area contributed by atoms with Gasteiger partial charge in [0.15, 0.2) is 0 Å². The lowest BCUT2D eigenvalue weighted by atomic mass is 10.0. The number of allylic oxidation sites excluding steroid dienone is 3. The van der Waals surface area contributed by atoms with E-state index in [4.69, 9.17) is 10.5 Å². The zero-order valence-electron chi connectivity index (χ0n) is 9.94. The van der Waals surface area contributed by atoms with Gasteiger partial charge in [0.1, 0.15) is 17.7 Å². The topological polar surface area (TPSA) is 50.8 Å². The molecule has 17 heavy (non-hydrogen) atoms. The minimum atomic E-state index is 0.0811. The minimum Gasteiger partial charge on any atom is -0.378 e. The standard InChI is InChI=1S/C14H13N3/c1-4-14(12(9-15)10-16)11-5-7-13(8-6-11)17(2)3/h4-8H,1H2,2-3H3. The molecule has 84 valence electrons. The molecule has 3 heteroatoms. The van der Waals surface area contributed by atoms with Gasteiger partial charge in [-0.2, -0.15) is 10.5 Å². The summed E-state index contributed by atoms with van der Waals surface area (Å²) >= 11 is 0. The van der Waals surface area contributed by atoms with Crippen LogP contribution in [0.2, 0.25) is 0 Å². The van der Waals surface area contributed by atoms with Crippen LogP contribution in [0.1, 0.15) is 5.56 Å². The van der Waals surface area contributed by atoms with Crippen LogP contribution < -0.4 is 4.90 Å². The first kappa shape index (κ1) is 12.5. The van der Waals surface area contributed by atoms with Gasteiger partial charge >= 0.3 is 0 Å². The Morgan fingerprint density at radius 3 is 2.06 bits per heavy atom. The van der Waals surface area contributed by atoms with Crippen molar-refractivity contribution in [2.75, 3.05) is 19.0 Å². The molecule has 0 aliphatic carbocycles. The van der Waals surface area contributed by atoms with Crippen LogP contribution in [0.4, 0.5) is 5.69 Å². The van der Waals surface area contributed by atoms with Crippen LogP contribution in [-0.4, -0.2) is 14.1 Å². The average molecular weight is 223 g/mol. The van der Waals surface area contributed by atoms with E-state index >= 15 is 0 Å². The number of benzene rings is 1. The van der Waals surface area contributed by atoms with Gasteiger partial charge in [0.05, 0.1) is 0 Å². The summed E-state index contributed by atoms with van der Waals surface area (Å²) in [4.78, 5) is 1.98. The Bertz CT molecular complexity index is 506. The van der Waals surface area contributed by atoms with E-state index in [1.165, 1.54) is 6.08 Å². The number of hydrogen-bond donors (Lipinski definition) is 0. The number of nitriles is 2. The van der Waals surface area contributed by atoms with Crippen molar-refractivity contribution in [2.24, 2.45) is 0 Å².